The third-order valence-corrected chi connectivity index (χ3v) is 4.96. The van der Waals surface area contributed by atoms with Crippen molar-refractivity contribution < 1.29 is 14.3 Å². The summed E-state index contributed by atoms with van der Waals surface area (Å²) in [4.78, 5) is 25.2. The second-order valence-corrected chi connectivity index (χ2v) is 7.11. The fourth-order valence-electron chi connectivity index (χ4n) is 2.60. The van der Waals surface area contributed by atoms with Crippen LogP contribution >= 0.6 is 11.3 Å². The smallest absolute Gasteiger partial charge is 0.338 e. The summed E-state index contributed by atoms with van der Waals surface area (Å²) in [5, 5.41) is 4.81. The van der Waals surface area contributed by atoms with Gasteiger partial charge in [0.15, 0.2) is 0 Å². The minimum Gasteiger partial charge on any atom is -0.462 e. The summed E-state index contributed by atoms with van der Waals surface area (Å²) in [5.74, 6) is -0.517. The molecule has 1 heterocycles. The van der Waals surface area contributed by atoms with E-state index in [4.69, 9.17) is 4.74 Å². The third kappa shape index (κ3) is 4.63. The van der Waals surface area contributed by atoms with E-state index >= 15 is 0 Å². The second-order valence-electron chi connectivity index (χ2n) is 6.20. The maximum absolute atomic E-state index is 12.7. The van der Waals surface area contributed by atoms with Crippen molar-refractivity contribution in [3.63, 3.8) is 0 Å². The van der Waals surface area contributed by atoms with E-state index in [1.54, 1.807) is 24.3 Å². The minimum absolute atomic E-state index is 0.165. The van der Waals surface area contributed by atoms with Crippen LogP contribution < -0.4 is 5.32 Å². The Kier molecular flexibility index (Phi) is 6.04. The van der Waals surface area contributed by atoms with Crippen LogP contribution in [-0.2, 0) is 4.74 Å². The van der Waals surface area contributed by atoms with Crippen molar-refractivity contribution in [3.05, 3.63) is 76.0 Å². The number of benzene rings is 2. The van der Waals surface area contributed by atoms with Gasteiger partial charge in [-0.2, -0.15) is 0 Å². The van der Waals surface area contributed by atoms with Gasteiger partial charge in [-0.1, -0.05) is 36.8 Å². The van der Waals surface area contributed by atoms with Crippen LogP contribution in [0.3, 0.4) is 0 Å². The van der Waals surface area contributed by atoms with Crippen molar-refractivity contribution in [1.82, 2.24) is 0 Å². The molecule has 1 N–H and O–H groups in total. The average molecular weight is 379 g/mol. The number of carbonyl (C=O) groups excluding carboxylic acids is 2. The second kappa shape index (κ2) is 8.64. The Morgan fingerprint density at radius 3 is 2.37 bits per heavy atom. The first-order chi connectivity index (χ1) is 13.1. The molecule has 138 valence electrons. The van der Waals surface area contributed by atoms with Gasteiger partial charge < -0.3 is 10.1 Å². The molecule has 27 heavy (non-hydrogen) atoms. The molecule has 3 rings (SSSR count). The maximum atomic E-state index is 12.7. The van der Waals surface area contributed by atoms with Crippen LogP contribution in [0.15, 0.2) is 60.0 Å². The number of carbonyl (C=O) groups is 2. The Morgan fingerprint density at radius 1 is 1.00 bits per heavy atom. The summed E-state index contributed by atoms with van der Waals surface area (Å²) in [6.07, 6.45) is 0.782. The molecule has 2 aromatic carbocycles. The average Bonchev–Trinajstić information content (AvgIpc) is 3.17. The Hall–Kier alpha value is -2.92. The molecule has 4 nitrogen and oxygen atoms in total. The largest absolute Gasteiger partial charge is 0.462 e. The van der Waals surface area contributed by atoms with Crippen molar-refractivity contribution >= 4 is 28.9 Å². The molecule has 0 aliphatic heterocycles. The first kappa shape index (κ1) is 18.9. The van der Waals surface area contributed by atoms with Crippen LogP contribution in [0.2, 0.25) is 0 Å². The SMILES string of the molecule is CCCOC(=O)c1ccc(NC(=O)c2sccc2-c2ccc(C)cc2)cc1. The lowest BCUT2D eigenvalue weighted by Gasteiger charge is -2.08. The molecule has 5 heteroatoms. The zero-order valence-electron chi connectivity index (χ0n) is 15.3. The van der Waals surface area contributed by atoms with Gasteiger partial charge >= 0.3 is 5.97 Å². The molecular formula is C22H21NO3S. The first-order valence-electron chi connectivity index (χ1n) is 8.81. The van der Waals surface area contributed by atoms with Gasteiger partial charge in [-0.25, -0.2) is 4.79 Å². The van der Waals surface area contributed by atoms with E-state index < -0.39 is 0 Å². The van der Waals surface area contributed by atoms with Gasteiger partial charge in [0.2, 0.25) is 0 Å². The van der Waals surface area contributed by atoms with E-state index in [9.17, 15) is 9.59 Å². The van der Waals surface area contributed by atoms with Crippen molar-refractivity contribution in [1.29, 1.82) is 0 Å². The molecule has 0 spiro atoms. The topological polar surface area (TPSA) is 55.4 Å². The summed E-state index contributed by atoms with van der Waals surface area (Å²) < 4.78 is 5.11. The van der Waals surface area contributed by atoms with Crippen molar-refractivity contribution in [2.45, 2.75) is 20.3 Å². The highest BCUT2D eigenvalue weighted by Crippen LogP contribution is 2.29. The van der Waals surface area contributed by atoms with Crippen LogP contribution in [0.25, 0.3) is 11.1 Å². The zero-order chi connectivity index (χ0) is 19.2. The van der Waals surface area contributed by atoms with Crippen molar-refractivity contribution in [2.75, 3.05) is 11.9 Å². The number of nitrogens with one attached hydrogen (secondary N) is 1. The molecule has 0 atom stereocenters. The van der Waals surface area contributed by atoms with Crippen molar-refractivity contribution in [2.24, 2.45) is 0 Å². The van der Waals surface area contributed by atoms with E-state index in [1.807, 2.05) is 49.6 Å². The Morgan fingerprint density at radius 2 is 1.70 bits per heavy atom. The molecule has 0 saturated carbocycles. The Labute approximate surface area is 162 Å². The molecule has 0 unspecified atom stereocenters. The summed E-state index contributed by atoms with van der Waals surface area (Å²) in [6.45, 7) is 4.38. The zero-order valence-corrected chi connectivity index (χ0v) is 16.1. The predicted octanol–water partition coefficient (Wildman–Crippen LogP) is 5.54. The molecule has 0 bridgehead atoms. The number of anilines is 1. The highest BCUT2D eigenvalue weighted by atomic mass is 32.1. The van der Waals surface area contributed by atoms with Gasteiger partial charge in [-0.05, 0) is 54.6 Å². The summed E-state index contributed by atoms with van der Waals surface area (Å²) >= 11 is 1.41. The van der Waals surface area contributed by atoms with E-state index in [0.717, 1.165) is 17.5 Å². The third-order valence-electron chi connectivity index (χ3n) is 4.05. The van der Waals surface area contributed by atoms with Gasteiger partial charge in [0.05, 0.1) is 17.0 Å². The minimum atomic E-state index is -0.352. The molecule has 1 amide bonds. The van der Waals surface area contributed by atoms with Crippen LogP contribution in [0.5, 0.6) is 0 Å². The number of esters is 1. The number of ether oxygens (including phenoxy) is 1. The monoisotopic (exact) mass is 379 g/mol. The molecule has 0 aliphatic carbocycles. The fourth-order valence-corrected chi connectivity index (χ4v) is 3.41. The quantitative estimate of drug-likeness (QED) is 0.572. The highest BCUT2D eigenvalue weighted by Gasteiger charge is 2.15. The molecule has 3 aromatic rings. The molecule has 1 aromatic heterocycles. The number of hydrogen-bond donors (Lipinski definition) is 1. The van der Waals surface area contributed by atoms with Crippen LogP contribution in [0.4, 0.5) is 5.69 Å². The van der Waals surface area contributed by atoms with Gasteiger partial charge in [-0.3, -0.25) is 4.79 Å². The van der Waals surface area contributed by atoms with Gasteiger partial charge in [0.1, 0.15) is 0 Å². The number of thiophene rings is 1. The lowest BCUT2D eigenvalue weighted by molar-refractivity contribution is 0.0505. The fraction of sp³-hybridized carbons (Fsp3) is 0.182. The van der Waals surface area contributed by atoms with E-state index in [0.29, 0.717) is 22.7 Å². The Bertz CT molecular complexity index is 927. The van der Waals surface area contributed by atoms with E-state index in [-0.39, 0.29) is 11.9 Å². The lowest BCUT2D eigenvalue weighted by atomic mass is 10.0. The van der Waals surface area contributed by atoms with Crippen molar-refractivity contribution in [3.8, 4) is 11.1 Å². The lowest BCUT2D eigenvalue weighted by Crippen LogP contribution is -2.11. The summed E-state index contributed by atoms with van der Waals surface area (Å²) in [5.41, 5.74) is 4.21. The van der Waals surface area contributed by atoms with Crippen LogP contribution in [0.1, 0.15) is 38.9 Å². The standard InChI is InChI=1S/C22H21NO3S/c1-3-13-26-22(25)17-8-10-18(11-9-17)23-21(24)20-19(12-14-27-20)16-6-4-15(2)5-7-16/h4-12,14H,3,13H2,1-2H3,(H,23,24). The number of amides is 1. The molecule has 0 aliphatic rings. The molecule has 0 fully saturated rings. The number of aryl methyl sites for hydroxylation is 1. The summed E-state index contributed by atoms with van der Waals surface area (Å²) in [7, 11) is 0. The number of rotatable bonds is 6. The Balaban J connectivity index is 1.72. The van der Waals surface area contributed by atoms with Crippen LogP contribution in [0, 0.1) is 6.92 Å². The predicted molar refractivity (Wildman–Crippen MR) is 109 cm³/mol. The van der Waals surface area contributed by atoms with Crippen LogP contribution in [-0.4, -0.2) is 18.5 Å². The molecule has 0 saturated heterocycles. The normalized spacial score (nSPS) is 10.4. The van der Waals surface area contributed by atoms with Gasteiger partial charge in [0, 0.05) is 11.3 Å². The van der Waals surface area contributed by atoms with E-state index in [1.165, 1.54) is 16.9 Å². The van der Waals surface area contributed by atoms with Gasteiger partial charge in [-0.15, -0.1) is 11.3 Å². The van der Waals surface area contributed by atoms with E-state index in [2.05, 4.69) is 5.32 Å². The highest BCUT2D eigenvalue weighted by molar-refractivity contribution is 7.12. The summed E-state index contributed by atoms with van der Waals surface area (Å²) in [6, 6.07) is 16.8. The van der Waals surface area contributed by atoms with Gasteiger partial charge in [0.25, 0.3) is 5.91 Å². The molecule has 0 radical (unpaired) electrons. The number of hydrogen-bond acceptors (Lipinski definition) is 4. The first-order valence-corrected chi connectivity index (χ1v) is 9.69. The molecular weight excluding hydrogens is 358 g/mol. The maximum Gasteiger partial charge on any atom is 0.338 e.